The number of aromatic nitrogens is 2. The quantitative estimate of drug-likeness (QED) is 0.0604. The fourth-order valence-corrected chi connectivity index (χ4v) is 11.4. The molecule has 7 atom stereocenters. The molecule has 0 radical (unpaired) electrons. The molecule has 4 aliphatic heterocycles. The minimum atomic E-state index is -1.56. The van der Waals surface area contributed by atoms with E-state index in [0.29, 0.717) is 59.1 Å². The van der Waals surface area contributed by atoms with Gasteiger partial charge >= 0.3 is 5.97 Å². The third kappa shape index (κ3) is 6.18. The van der Waals surface area contributed by atoms with Crippen molar-refractivity contribution < 1.29 is 38.4 Å². The summed E-state index contributed by atoms with van der Waals surface area (Å²) < 4.78 is 30.7. The van der Waals surface area contributed by atoms with Gasteiger partial charge in [0.15, 0.2) is 22.7 Å². The number of aliphatic hydroxyl groups is 1. The first kappa shape index (κ1) is 42.3. The number of allylic oxidation sites excluding steroid dienone is 4. The van der Waals surface area contributed by atoms with Crippen molar-refractivity contribution in [1.29, 1.82) is 0 Å². The van der Waals surface area contributed by atoms with E-state index in [0.717, 1.165) is 28.6 Å². The molecule has 326 valence electrons. The van der Waals surface area contributed by atoms with Crippen LogP contribution in [0.15, 0.2) is 70.3 Å². The average molecular weight is 863 g/mol. The number of alkyl halides is 1. The van der Waals surface area contributed by atoms with Crippen molar-refractivity contribution in [2.45, 2.75) is 116 Å². The maximum Gasteiger partial charge on any atom is 0.326 e. The molecule has 4 bridgehead atoms. The third-order valence-corrected chi connectivity index (χ3v) is 14.1. The number of nitrogens with zero attached hydrogens (tertiary/aromatic N) is 3. The van der Waals surface area contributed by atoms with Crippen molar-refractivity contribution >= 4 is 58.0 Å². The molecule has 3 aromatic rings. The highest BCUT2D eigenvalue weighted by Gasteiger charge is 2.85. The Morgan fingerprint density at radius 3 is 2.53 bits per heavy atom. The second kappa shape index (κ2) is 15.1. The van der Waals surface area contributed by atoms with Crippen LogP contribution in [0.25, 0.3) is 17.1 Å². The molecular formula is C49H55ClN4O8. The number of nitrogens with one attached hydrogen (secondary N) is 1. The number of hydrogen-bond donors (Lipinski definition) is 2. The van der Waals surface area contributed by atoms with Crippen LogP contribution in [0.5, 0.6) is 17.2 Å². The molecule has 4 fully saturated rings. The van der Waals surface area contributed by atoms with Crippen LogP contribution >= 0.6 is 11.6 Å². The van der Waals surface area contributed by atoms with Gasteiger partial charge < -0.3 is 33.9 Å². The number of esters is 1. The van der Waals surface area contributed by atoms with Gasteiger partial charge in [-0.3, -0.25) is 14.4 Å². The first-order valence-corrected chi connectivity index (χ1v) is 22.2. The molecular weight excluding hydrogens is 808 g/mol. The lowest BCUT2D eigenvalue weighted by Crippen LogP contribution is -2.79. The lowest BCUT2D eigenvalue weighted by molar-refractivity contribution is -0.206. The maximum absolute atomic E-state index is 15.8. The van der Waals surface area contributed by atoms with Crippen molar-refractivity contribution in [1.82, 2.24) is 14.9 Å². The third-order valence-electron chi connectivity index (χ3n) is 13.9. The number of imidazole rings is 1. The van der Waals surface area contributed by atoms with Crippen molar-refractivity contribution in [2.75, 3.05) is 19.0 Å². The number of rotatable bonds is 12. The minimum absolute atomic E-state index is 0.0496. The monoisotopic (exact) mass is 862 g/mol. The summed E-state index contributed by atoms with van der Waals surface area (Å²) in [4.78, 5) is 53.0. The van der Waals surface area contributed by atoms with E-state index in [-0.39, 0.29) is 42.9 Å². The standard InChI is InChI=1S/C49H55ClN4O8/c1-26(2)12-11-19-47(8)20-18-30-40(60-47)29(16-15-27(3)4)42-36(41(30)59-35(56)25-50)38-37-39(54-33-14-10-9-13-32(33)52-45(54)53-38)31-24-34-46(6,7)62-48(43(31)57,49(34,37)61-42)21-17-28(5)44(58)51-22-23-55/h9-10,12-15,17-18,20,31,34,37,39,55H,11,16,19,21-25H2,1-8H3,(H,51,58). The lowest BCUT2D eigenvalue weighted by atomic mass is 9.44. The first-order valence-electron chi connectivity index (χ1n) is 21.7. The van der Waals surface area contributed by atoms with Gasteiger partial charge in [0, 0.05) is 35.9 Å². The van der Waals surface area contributed by atoms with Gasteiger partial charge in [-0.15, -0.1) is 11.6 Å². The van der Waals surface area contributed by atoms with Crippen LogP contribution in [0.3, 0.4) is 0 Å². The van der Waals surface area contributed by atoms with Gasteiger partial charge in [0.05, 0.1) is 52.0 Å². The molecule has 3 saturated carbocycles. The Labute approximate surface area is 367 Å². The summed E-state index contributed by atoms with van der Waals surface area (Å²) >= 11 is 6.20. The molecule has 1 aromatic heterocycles. The Morgan fingerprint density at radius 1 is 1.05 bits per heavy atom. The predicted octanol–water partition coefficient (Wildman–Crippen LogP) is 8.23. The summed E-state index contributed by atoms with van der Waals surface area (Å²) in [5, 5.41) is 12.2. The molecule has 12 nitrogen and oxygen atoms in total. The van der Waals surface area contributed by atoms with E-state index >= 15 is 4.79 Å². The van der Waals surface area contributed by atoms with Gasteiger partial charge in [-0.25, -0.2) is 9.98 Å². The number of benzene rings is 2. The first-order chi connectivity index (χ1) is 29.5. The van der Waals surface area contributed by atoms with Crippen molar-refractivity contribution in [3.63, 3.8) is 0 Å². The van der Waals surface area contributed by atoms with E-state index in [2.05, 4.69) is 35.9 Å². The Hall–Kier alpha value is -5.04. The van der Waals surface area contributed by atoms with Gasteiger partial charge in [0.1, 0.15) is 23.0 Å². The molecule has 1 saturated heterocycles. The zero-order valence-electron chi connectivity index (χ0n) is 36.7. The molecule has 7 unspecified atom stereocenters. The number of aliphatic hydroxyl groups excluding tert-OH is 1. The largest absolute Gasteiger partial charge is 0.482 e. The number of para-hydroxylation sites is 2. The molecule has 62 heavy (non-hydrogen) atoms. The number of ether oxygens (including phenoxy) is 4. The highest BCUT2D eigenvalue weighted by molar-refractivity contribution is 6.26. The van der Waals surface area contributed by atoms with Gasteiger partial charge in [-0.2, -0.15) is 0 Å². The number of aliphatic imine (C=N–C) groups is 1. The van der Waals surface area contributed by atoms with E-state index in [1.54, 1.807) is 13.0 Å². The van der Waals surface area contributed by atoms with E-state index < -0.39 is 52.1 Å². The number of Topliss-reactive ketones (excluding diaryl/α,β-unsaturated/α-hetero) is 1. The maximum atomic E-state index is 15.8. The number of halogens is 1. The summed E-state index contributed by atoms with van der Waals surface area (Å²) in [6, 6.07) is 7.36. The lowest BCUT2D eigenvalue weighted by Gasteiger charge is -2.64. The number of fused-ring (bicyclic) bond motifs is 6. The SMILES string of the molecule is CC(C)=CCCC1(C)C=Cc2c(c(CC=C(C)C)c3c(c2OC(=O)CCl)C2=Nc4nc5ccccc5n4C4C5CC6C(C)(C)OC(CC=C(C)C(=O)NCCO)(C5=O)C6(O3)C24)O1. The fourth-order valence-electron chi connectivity index (χ4n) is 11.3. The van der Waals surface area contributed by atoms with Crippen LogP contribution in [0, 0.1) is 17.8 Å². The molecule has 7 aliphatic rings. The molecule has 2 N–H and O–H groups in total. The van der Waals surface area contributed by atoms with Crippen LogP contribution in [-0.4, -0.2) is 79.5 Å². The average Bonchev–Trinajstić information content (AvgIpc) is 3.67. The minimum Gasteiger partial charge on any atom is -0.482 e. The Morgan fingerprint density at radius 2 is 1.81 bits per heavy atom. The summed E-state index contributed by atoms with van der Waals surface area (Å²) in [5.74, 6) is -1.35. The molecule has 2 aromatic carbocycles. The number of carbonyl (C=O) groups excluding carboxylic acids is 3. The molecule has 5 heterocycles. The van der Waals surface area contributed by atoms with Gasteiger partial charge in [-0.05, 0) is 105 Å². The number of hydrogen-bond acceptors (Lipinski definition) is 10. The Bertz CT molecular complexity index is 2590. The second-order valence-electron chi connectivity index (χ2n) is 18.9. The van der Waals surface area contributed by atoms with E-state index in [1.165, 1.54) is 5.57 Å². The van der Waals surface area contributed by atoms with Crippen molar-refractivity contribution in [3.05, 3.63) is 82.0 Å². The van der Waals surface area contributed by atoms with Crippen LogP contribution in [0.4, 0.5) is 5.95 Å². The number of amides is 1. The molecule has 10 rings (SSSR count). The summed E-state index contributed by atoms with van der Waals surface area (Å²) in [5.41, 5.74) is 2.16. The number of carbonyl (C=O) groups is 3. The van der Waals surface area contributed by atoms with Crippen molar-refractivity contribution in [2.24, 2.45) is 22.7 Å². The Balaban J connectivity index is 1.37. The molecule has 1 spiro atoms. The predicted molar refractivity (Wildman–Crippen MR) is 237 cm³/mol. The van der Waals surface area contributed by atoms with Crippen LogP contribution in [0.1, 0.15) is 104 Å². The fraction of sp³-hybridized carbons (Fsp3) is 0.490. The zero-order chi connectivity index (χ0) is 44.1. The summed E-state index contributed by atoms with van der Waals surface area (Å²) in [7, 11) is 0. The van der Waals surface area contributed by atoms with Gasteiger partial charge in [-0.1, -0.05) is 41.5 Å². The molecule has 13 heteroatoms. The topological polar surface area (TPSA) is 151 Å². The van der Waals surface area contributed by atoms with Crippen LogP contribution in [-0.2, 0) is 25.5 Å². The summed E-state index contributed by atoms with van der Waals surface area (Å²) in [6.45, 7) is 15.9. The van der Waals surface area contributed by atoms with E-state index in [4.69, 9.17) is 40.5 Å². The highest BCUT2D eigenvalue weighted by Crippen LogP contribution is 2.74. The molecule has 3 aliphatic carbocycles. The Kier molecular flexibility index (Phi) is 10.3. The number of ketones is 1. The highest BCUT2D eigenvalue weighted by atomic mass is 35.5. The van der Waals surface area contributed by atoms with E-state index in [9.17, 15) is 14.7 Å². The normalized spacial score (nSPS) is 29.0. The van der Waals surface area contributed by atoms with Gasteiger partial charge in [0.25, 0.3) is 0 Å². The van der Waals surface area contributed by atoms with E-state index in [1.807, 2.05) is 71.0 Å². The molecule has 1 amide bonds. The van der Waals surface area contributed by atoms with Crippen molar-refractivity contribution in [3.8, 4) is 17.2 Å². The summed E-state index contributed by atoms with van der Waals surface area (Å²) in [6.07, 6.45) is 12.5. The van der Waals surface area contributed by atoms with Crippen LogP contribution < -0.4 is 19.5 Å². The zero-order valence-corrected chi connectivity index (χ0v) is 37.4. The van der Waals surface area contributed by atoms with Crippen LogP contribution in [0.2, 0.25) is 0 Å². The second-order valence-corrected chi connectivity index (χ2v) is 19.2. The van der Waals surface area contributed by atoms with Gasteiger partial charge in [0.2, 0.25) is 11.9 Å². The smallest absolute Gasteiger partial charge is 0.326 e.